The molecule has 2 heterocycles. The zero-order chi connectivity index (χ0) is 18.8. The number of nitrogens with zero attached hydrogens (tertiary/aromatic N) is 3. The number of amides is 1. The minimum absolute atomic E-state index is 0.0494. The van der Waals surface area contributed by atoms with Crippen molar-refractivity contribution >= 4 is 11.6 Å². The molecule has 7 nitrogen and oxygen atoms in total. The SMILES string of the molecule is CCCN1C(=O)COc2ccc(-c3noc(-c4cccc(OC)c4)n3)cc21. The van der Waals surface area contributed by atoms with Crippen molar-refractivity contribution in [3.63, 3.8) is 0 Å². The van der Waals surface area contributed by atoms with Crippen LogP contribution in [0.2, 0.25) is 0 Å². The molecule has 0 aliphatic carbocycles. The molecule has 1 aliphatic rings. The second-order valence-corrected chi connectivity index (χ2v) is 6.17. The van der Waals surface area contributed by atoms with Crippen LogP contribution in [-0.2, 0) is 4.79 Å². The Labute approximate surface area is 156 Å². The normalized spacial score (nSPS) is 13.3. The highest BCUT2D eigenvalue weighted by Crippen LogP contribution is 2.36. The summed E-state index contributed by atoms with van der Waals surface area (Å²) in [7, 11) is 1.61. The van der Waals surface area contributed by atoms with E-state index in [0.717, 1.165) is 23.2 Å². The molecule has 0 unspecified atom stereocenters. The number of methoxy groups -OCH3 is 1. The monoisotopic (exact) mass is 365 g/mol. The number of benzene rings is 2. The van der Waals surface area contributed by atoms with Crippen molar-refractivity contribution in [3.8, 4) is 34.3 Å². The molecule has 1 amide bonds. The Balaban J connectivity index is 1.69. The molecule has 0 fully saturated rings. The molecule has 1 aliphatic heterocycles. The van der Waals surface area contributed by atoms with Crippen molar-refractivity contribution in [2.24, 2.45) is 0 Å². The van der Waals surface area contributed by atoms with E-state index in [0.29, 0.717) is 29.8 Å². The van der Waals surface area contributed by atoms with Gasteiger partial charge in [0.15, 0.2) is 6.61 Å². The van der Waals surface area contributed by atoms with Gasteiger partial charge in [0.1, 0.15) is 11.5 Å². The highest BCUT2D eigenvalue weighted by molar-refractivity contribution is 5.98. The van der Waals surface area contributed by atoms with Crippen LogP contribution in [0.15, 0.2) is 47.0 Å². The Kier molecular flexibility index (Phi) is 4.50. The van der Waals surface area contributed by atoms with Crippen LogP contribution < -0.4 is 14.4 Å². The van der Waals surface area contributed by atoms with Gasteiger partial charge in [-0.3, -0.25) is 4.79 Å². The fraction of sp³-hybridized carbons (Fsp3) is 0.250. The van der Waals surface area contributed by atoms with Gasteiger partial charge >= 0.3 is 0 Å². The summed E-state index contributed by atoms with van der Waals surface area (Å²) >= 11 is 0. The fourth-order valence-corrected chi connectivity index (χ4v) is 3.02. The van der Waals surface area contributed by atoms with Crippen LogP contribution in [0.4, 0.5) is 5.69 Å². The van der Waals surface area contributed by atoms with Crippen molar-refractivity contribution in [1.82, 2.24) is 10.1 Å². The molecule has 0 bridgehead atoms. The molecule has 0 saturated heterocycles. The molecule has 2 aromatic carbocycles. The van der Waals surface area contributed by atoms with Gasteiger partial charge in [-0.1, -0.05) is 18.1 Å². The first kappa shape index (κ1) is 17.1. The Bertz CT molecular complexity index is 983. The van der Waals surface area contributed by atoms with Gasteiger partial charge in [-0.2, -0.15) is 4.98 Å². The van der Waals surface area contributed by atoms with Crippen molar-refractivity contribution in [2.45, 2.75) is 13.3 Å². The number of carbonyl (C=O) groups excluding carboxylic acids is 1. The van der Waals surface area contributed by atoms with Crippen molar-refractivity contribution in [2.75, 3.05) is 25.2 Å². The Morgan fingerprint density at radius 2 is 2.07 bits per heavy atom. The maximum absolute atomic E-state index is 12.2. The van der Waals surface area contributed by atoms with E-state index in [2.05, 4.69) is 10.1 Å². The summed E-state index contributed by atoms with van der Waals surface area (Å²) in [4.78, 5) is 18.4. The van der Waals surface area contributed by atoms with Crippen molar-refractivity contribution in [1.29, 1.82) is 0 Å². The molecular formula is C20H19N3O4. The van der Waals surface area contributed by atoms with Crippen LogP contribution >= 0.6 is 0 Å². The first-order valence-electron chi connectivity index (χ1n) is 8.75. The van der Waals surface area contributed by atoms with Gasteiger partial charge in [0.2, 0.25) is 5.82 Å². The van der Waals surface area contributed by atoms with E-state index in [4.69, 9.17) is 14.0 Å². The maximum atomic E-state index is 12.2. The molecule has 4 rings (SSSR count). The summed E-state index contributed by atoms with van der Waals surface area (Å²) in [6.07, 6.45) is 0.859. The average Bonchev–Trinajstić information content (AvgIpc) is 3.20. The van der Waals surface area contributed by atoms with Crippen LogP contribution in [0, 0.1) is 0 Å². The highest BCUT2D eigenvalue weighted by atomic mass is 16.5. The maximum Gasteiger partial charge on any atom is 0.265 e. The van der Waals surface area contributed by atoms with Gasteiger partial charge in [0.25, 0.3) is 11.8 Å². The Hall–Kier alpha value is -3.35. The van der Waals surface area contributed by atoms with Crippen LogP contribution in [-0.4, -0.2) is 36.3 Å². The molecule has 7 heteroatoms. The third-order valence-corrected chi connectivity index (χ3v) is 4.35. The van der Waals surface area contributed by atoms with Crippen LogP contribution in [0.3, 0.4) is 0 Å². The van der Waals surface area contributed by atoms with Gasteiger partial charge < -0.3 is 18.9 Å². The van der Waals surface area contributed by atoms with E-state index in [1.807, 2.05) is 49.4 Å². The number of anilines is 1. The molecule has 138 valence electrons. The van der Waals surface area contributed by atoms with E-state index in [1.165, 1.54) is 0 Å². The van der Waals surface area contributed by atoms with Gasteiger partial charge in [-0.15, -0.1) is 0 Å². The third kappa shape index (κ3) is 3.23. The second kappa shape index (κ2) is 7.11. The number of rotatable bonds is 5. The molecule has 0 spiro atoms. The smallest absolute Gasteiger partial charge is 0.265 e. The predicted molar refractivity (Wildman–Crippen MR) is 99.9 cm³/mol. The summed E-state index contributed by atoms with van der Waals surface area (Å²) in [5, 5.41) is 4.09. The predicted octanol–water partition coefficient (Wildman–Crippen LogP) is 3.55. The summed E-state index contributed by atoms with van der Waals surface area (Å²) in [5.74, 6) is 2.20. The summed E-state index contributed by atoms with van der Waals surface area (Å²) in [5.41, 5.74) is 2.27. The number of hydrogen-bond acceptors (Lipinski definition) is 6. The zero-order valence-corrected chi connectivity index (χ0v) is 15.1. The summed E-state index contributed by atoms with van der Waals surface area (Å²) in [6, 6.07) is 13.0. The molecular weight excluding hydrogens is 346 g/mol. The van der Waals surface area contributed by atoms with Gasteiger partial charge in [-0.25, -0.2) is 0 Å². The number of fused-ring (bicyclic) bond motifs is 1. The highest BCUT2D eigenvalue weighted by Gasteiger charge is 2.26. The second-order valence-electron chi connectivity index (χ2n) is 6.17. The molecule has 0 atom stereocenters. The zero-order valence-electron chi connectivity index (χ0n) is 15.1. The van der Waals surface area contributed by atoms with Crippen LogP contribution in [0.5, 0.6) is 11.5 Å². The molecule has 0 radical (unpaired) electrons. The van der Waals surface area contributed by atoms with Gasteiger partial charge in [0.05, 0.1) is 12.8 Å². The van der Waals surface area contributed by atoms with Crippen LogP contribution in [0.25, 0.3) is 22.8 Å². The minimum Gasteiger partial charge on any atom is -0.497 e. The Morgan fingerprint density at radius 1 is 1.19 bits per heavy atom. The van der Waals surface area contributed by atoms with Crippen molar-refractivity contribution < 1.29 is 18.8 Å². The molecule has 0 saturated carbocycles. The quantitative estimate of drug-likeness (QED) is 0.688. The fourth-order valence-electron chi connectivity index (χ4n) is 3.02. The molecule has 27 heavy (non-hydrogen) atoms. The molecule has 1 aromatic heterocycles. The van der Waals surface area contributed by atoms with Gasteiger partial charge in [0, 0.05) is 17.7 Å². The van der Waals surface area contributed by atoms with Crippen molar-refractivity contribution in [3.05, 3.63) is 42.5 Å². The Morgan fingerprint density at radius 3 is 2.89 bits per heavy atom. The molecule has 3 aromatic rings. The minimum atomic E-state index is -0.0494. The van der Waals surface area contributed by atoms with E-state index in [1.54, 1.807) is 12.0 Å². The lowest BCUT2D eigenvalue weighted by Gasteiger charge is -2.29. The standard InChI is InChI=1S/C20H19N3O4/c1-3-9-23-16-11-13(7-8-17(16)26-12-18(23)24)19-21-20(27-22-19)14-5-4-6-15(10-14)25-2/h4-8,10-11H,3,9,12H2,1-2H3. The first-order chi connectivity index (χ1) is 13.2. The number of ether oxygens (including phenoxy) is 2. The lowest BCUT2D eigenvalue weighted by atomic mass is 10.1. The number of aromatic nitrogens is 2. The van der Waals surface area contributed by atoms with E-state index >= 15 is 0 Å². The average molecular weight is 365 g/mol. The third-order valence-electron chi connectivity index (χ3n) is 4.35. The molecule has 0 N–H and O–H groups in total. The van der Waals surface area contributed by atoms with Crippen LogP contribution in [0.1, 0.15) is 13.3 Å². The summed E-state index contributed by atoms with van der Waals surface area (Å²) < 4.78 is 16.2. The summed E-state index contributed by atoms with van der Waals surface area (Å²) in [6.45, 7) is 2.74. The lowest BCUT2D eigenvalue weighted by molar-refractivity contribution is -0.121. The number of carbonyl (C=O) groups is 1. The topological polar surface area (TPSA) is 77.7 Å². The number of hydrogen-bond donors (Lipinski definition) is 0. The van der Waals surface area contributed by atoms with E-state index in [9.17, 15) is 4.79 Å². The largest absolute Gasteiger partial charge is 0.497 e. The van der Waals surface area contributed by atoms with Gasteiger partial charge in [-0.05, 0) is 42.8 Å². The van der Waals surface area contributed by atoms with E-state index in [-0.39, 0.29) is 12.5 Å². The van der Waals surface area contributed by atoms with E-state index < -0.39 is 0 Å². The first-order valence-corrected chi connectivity index (χ1v) is 8.75. The lowest BCUT2D eigenvalue weighted by Crippen LogP contribution is -2.39.